The lowest BCUT2D eigenvalue weighted by molar-refractivity contribution is 0.377. The Hall–Kier alpha value is -2.69. The summed E-state index contributed by atoms with van der Waals surface area (Å²) >= 11 is 0. The lowest BCUT2D eigenvalue weighted by Crippen LogP contribution is -2.26. The van der Waals surface area contributed by atoms with E-state index in [1.54, 1.807) is 5.57 Å². The summed E-state index contributed by atoms with van der Waals surface area (Å²) in [7, 11) is -1.69. The van der Waals surface area contributed by atoms with Crippen LogP contribution < -0.4 is 10.6 Å². The summed E-state index contributed by atoms with van der Waals surface area (Å²) in [5.74, 6) is 0. The van der Waals surface area contributed by atoms with Gasteiger partial charge in [0.15, 0.2) is 0 Å². The highest BCUT2D eigenvalue weighted by Gasteiger charge is 2.41. The standard InChI is InChI=1S/C34H40P/c1-28(22-23-33-29(2)15-14-25-34(33,3)4)24-26-35(31-18-10-6-11-19-31,32-20-12-7-13-21-32)27-30-16-8-5-9-17-30/h5-13,16-24H,14-15,25-27H2,1-4H3/q+1/b23-22+,28-24-. The van der Waals surface area contributed by atoms with E-state index in [9.17, 15) is 0 Å². The van der Waals surface area contributed by atoms with E-state index >= 15 is 0 Å². The molecule has 1 aliphatic rings. The van der Waals surface area contributed by atoms with E-state index in [2.05, 4.69) is 137 Å². The van der Waals surface area contributed by atoms with Crippen LogP contribution in [-0.4, -0.2) is 6.16 Å². The molecule has 180 valence electrons. The molecule has 0 unspecified atom stereocenters. The first-order chi connectivity index (χ1) is 16.9. The molecule has 4 rings (SSSR count). The Kier molecular flexibility index (Phi) is 8.25. The average molecular weight is 480 g/mol. The lowest BCUT2D eigenvalue weighted by Gasteiger charge is -2.33. The average Bonchev–Trinajstić information content (AvgIpc) is 2.87. The molecule has 0 radical (unpaired) electrons. The van der Waals surface area contributed by atoms with Gasteiger partial charge in [0.25, 0.3) is 0 Å². The Labute approximate surface area is 213 Å². The Morgan fingerprint density at radius 2 is 1.37 bits per heavy atom. The molecule has 0 atom stereocenters. The minimum atomic E-state index is -1.69. The molecule has 0 nitrogen and oxygen atoms in total. The molecule has 35 heavy (non-hydrogen) atoms. The van der Waals surface area contributed by atoms with Gasteiger partial charge in [-0.1, -0.05) is 104 Å². The maximum absolute atomic E-state index is 2.50. The minimum absolute atomic E-state index is 0.275. The van der Waals surface area contributed by atoms with E-state index in [0.717, 1.165) is 12.3 Å². The SMILES string of the molecule is CC1=C(/C=C/C(C)=C\C[P+](Cc2ccccc2)(c2ccccc2)c2ccccc2)C(C)(C)CCC1. The van der Waals surface area contributed by atoms with Crippen LogP contribution in [0.5, 0.6) is 0 Å². The largest absolute Gasteiger partial charge is 0.0998 e. The van der Waals surface area contributed by atoms with Crippen molar-refractivity contribution in [2.75, 3.05) is 6.16 Å². The first-order valence-electron chi connectivity index (χ1n) is 13.0. The van der Waals surface area contributed by atoms with Gasteiger partial charge < -0.3 is 0 Å². The maximum atomic E-state index is 2.50. The molecule has 0 bridgehead atoms. The van der Waals surface area contributed by atoms with Gasteiger partial charge in [0, 0.05) is 0 Å². The minimum Gasteiger partial charge on any atom is -0.0696 e. The molecule has 0 amide bonds. The topological polar surface area (TPSA) is 0 Å². The summed E-state index contributed by atoms with van der Waals surface area (Å²) < 4.78 is 0. The summed E-state index contributed by atoms with van der Waals surface area (Å²) in [5, 5.41) is 2.96. The van der Waals surface area contributed by atoms with Crippen LogP contribution in [0.4, 0.5) is 0 Å². The van der Waals surface area contributed by atoms with Gasteiger partial charge in [0.2, 0.25) is 0 Å². The van der Waals surface area contributed by atoms with Crippen molar-refractivity contribution in [1.29, 1.82) is 0 Å². The van der Waals surface area contributed by atoms with Gasteiger partial charge in [-0.25, -0.2) is 0 Å². The summed E-state index contributed by atoms with van der Waals surface area (Å²) in [6.45, 7) is 9.39. The molecule has 0 N–H and O–H groups in total. The smallest absolute Gasteiger partial charge is 0.0696 e. The second-order valence-corrected chi connectivity index (χ2v) is 14.3. The molecule has 0 fully saturated rings. The van der Waals surface area contributed by atoms with Crippen molar-refractivity contribution in [3.8, 4) is 0 Å². The second-order valence-electron chi connectivity index (χ2n) is 10.7. The second kappa shape index (κ2) is 11.4. The van der Waals surface area contributed by atoms with Crippen LogP contribution in [0.25, 0.3) is 0 Å². The van der Waals surface area contributed by atoms with E-state index in [1.165, 1.54) is 46.6 Å². The molecule has 0 spiro atoms. The zero-order valence-electron chi connectivity index (χ0n) is 21.9. The Balaban J connectivity index is 1.73. The van der Waals surface area contributed by atoms with E-state index < -0.39 is 7.26 Å². The molecule has 0 aromatic heterocycles. The molecule has 0 saturated heterocycles. The number of benzene rings is 3. The van der Waals surface area contributed by atoms with Crippen LogP contribution >= 0.6 is 7.26 Å². The van der Waals surface area contributed by atoms with Crippen LogP contribution in [0.3, 0.4) is 0 Å². The molecular weight excluding hydrogens is 439 g/mol. The fourth-order valence-electron chi connectivity index (χ4n) is 5.52. The van der Waals surface area contributed by atoms with Crippen LogP contribution in [0.1, 0.15) is 52.5 Å². The number of hydrogen-bond acceptors (Lipinski definition) is 0. The van der Waals surface area contributed by atoms with E-state index in [4.69, 9.17) is 0 Å². The Bertz CT molecular complexity index is 1140. The maximum Gasteiger partial charge on any atom is 0.0998 e. The van der Waals surface area contributed by atoms with Crippen molar-refractivity contribution < 1.29 is 0 Å². The van der Waals surface area contributed by atoms with Gasteiger partial charge in [-0.15, -0.1) is 0 Å². The van der Waals surface area contributed by atoms with Crippen LogP contribution in [0, 0.1) is 5.41 Å². The molecule has 1 heteroatoms. The zero-order valence-corrected chi connectivity index (χ0v) is 22.8. The number of hydrogen-bond donors (Lipinski definition) is 0. The molecule has 0 heterocycles. The molecule has 3 aromatic carbocycles. The third kappa shape index (κ3) is 6.12. The summed E-state index contributed by atoms with van der Waals surface area (Å²) in [6, 6.07) is 33.5. The quantitative estimate of drug-likeness (QED) is 0.223. The van der Waals surface area contributed by atoms with E-state index in [1.807, 2.05) is 0 Å². The highest BCUT2D eigenvalue weighted by molar-refractivity contribution is 7.89. The van der Waals surface area contributed by atoms with Crippen molar-refractivity contribution >= 4 is 17.9 Å². The van der Waals surface area contributed by atoms with Gasteiger partial charge in [0.05, 0.1) is 30.2 Å². The summed E-state index contributed by atoms with van der Waals surface area (Å²) in [6.07, 6.45) is 13.2. The fraction of sp³-hybridized carbons (Fsp3) is 0.294. The molecular formula is C34H40P+. The zero-order chi connectivity index (χ0) is 24.7. The molecule has 0 saturated carbocycles. The first-order valence-corrected chi connectivity index (χ1v) is 15.1. The Morgan fingerprint density at radius 3 is 1.91 bits per heavy atom. The molecule has 3 aromatic rings. The van der Waals surface area contributed by atoms with Crippen molar-refractivity contribution in [2.24, 2.45) is 5.41 Å². The van der Waals surface area contributed by atoms with Crippen LogP contribution in [0.2, 0.25) is 0 Å². The van der Waals surface area contributed by atoms with Crippen molar-refractivity contribution in [2.45, 2.75) is 53.1 Å². The van der Waals surface area contributed by atoms with Gasteiger partial charge in [-0.05, 0) is 80.0 Å². The molecule has 0 aliphatic heterocycles. The summed E-state index contributed by atoms with van der Waals surface area (Å²) in [5.41, 5.74) is 6.14. The monoisotopic (exact) mass is 479 g/mol. The number of allylic oxidation sites excluding steroid dienone is 6. The predicted octanol–water partition coefficient (Wildman–Crippen LogP) is 8.88. The van der Waals surface area contributed by atoms with Gasteiger partial charge in [-0.2, -0.15) is 0 Å². The van der Waals surface area contributed by atoms with Crippen molar-refractivity contribution in [3.63, 3.8) is 0 Å². The summed E-state index contributed by atoms with van der Waals surface area (Å²) in [4.78, 5) is 0. The highest BCUT2D eigenvalue weighted by Crippen LogP contribution is 2.59. The van der Waals surface area contributed by atoms with E-state index in [0.29, 0.717) is 0 Å². The van der Waals surface area contributed by atoms with E-state index in [-0.39, 0.29) is 5.41 Å². The van der Waals surface area contributed by atoms with Gasteiger partial charge in [-0.3, -0.25) is 0 Å². The molecule has 1 aliphatic carbocycles. The van der Waals surface area contributed by atoms with Gasteiger partial charge in [0.1, 0.15) is 0 Å². The third-order valence-corrected chi connectivity index (χ3v) is 11.9. The number of rotatable bonds is 8. The fourth-order valence-corrected chi connectivity index (χ4v) is 9.66. The third-order valence-electron chi connectivity index (χ3n) is 7.58. The van der Waals surface area contributed by atoms with Crippen LogP contribution in [-0.2, 0) is 6.16 Å². The normalized spacial score (nSPS) is 16.6. The van der Waals surface area contributed by atoms with Gasteiger partial charge >= 0.3 is 0 Å². The first kappa shape index (κ1) is 25.4. The Morgan fingerprint density at radius 1 is 0.829 bits per heavy atom. The van der Waals surface area contributed by atoms with Crippen LogP contribution in [0.15, 0.2) is 126 Å². The predicted molar refractivity (Wildman–Crippen MR) is 157 cm³/mol. The highest BCUT2D eigenvalue weighted by atomic mass is 31.2. The van der Waals surface area contributed by atoms with Crippen molar-refractivity contribution in [1.82, 2.24) is 0 Å². The lowest BCUT2D eigenvalue weighted by atomic mass is 9.72. The van der Waals surface area contributed by atoms with Crippen molar-refractivity contribution in [3.05, 3.63) is 132 Å².